The minimum atomic E-state index is -0.151. The molecule has 2 N–H and O–H groups in total. The number of rotatable bonds is 5. The number of nitrogens with one attached hydrogen (secondary N) is 2. The van der Waals surface area contributed by atoms with E-state index in [1.54, 1.807) is 16.4 Å². The Bertz CT molecular complexity index is 1260. The first-order chi connectivity index (χ1) is 15.0. The molecule has 0 bridgehead atoms. The zero-order valence-electron chi connectivity index (χ0n) is 17.2. The van der Waals surface area contributed by atoms with Crippen molar-refractivity contribution < 1.29 is 0 Å². The average Bonchev–Trinajstić information content (AvgIpc) is 2.99. The molecule has 0 amide bonds. The maximum Gasteiger partial charge on any atom is 0.295 e. The molecule has 0 atom stereocenters. The zero-order chi connectivity index (χ0) is 21.8. The van der Waals surface area contributed by atoms with Crippen molar-refractivity contribution in [2.45, 2.75) is 16.7 Å². The van der Waals surface area contributed by atoms with E-state index < -0.39 is 0 Å². The van der Waals surface area contributed by atoms with E-state index >= 15 is 0 Å². The highest BCUT2D eigenvalue weighted by Crippen LogP contribution is 2.33. The van der Waals surface area contributed by atoms with Crippen molar-refractivity contribution in [2.75, 3.05) is 10.6 Å². The lowest BCUT2D eigenvalue weighted by atomic mass is 10.3. The Kier molecular flexibility index (Phi) is 6.25. The minimum Gasteiger partial charge on any atom is -0.332 e. The molecule has 3 aromatic carbocycles. The molecule has 0 saturated carbocycles. The van der Waals surface area contributed by atoms with Gasteiger partial charge in [-0.25, -0.2) is 4.68 Å². The first-order valence-electron chi connectivity index (χ1n) is 9.78. The summed E-state index contributed by atoms with van der Waals surface area (Å²) in [6.07, 6.45) is 0. The highest BCUT2D eigenvalue weighted by atomic mass is 32.2. The quantitative estimate of drug-likeness (QED) is 0.400. The first-order valence-corrected chi connectivity index (χ1v) is 11.0. The van der Waals surface area contributed by atoms with Crippen LogP contribution < -0.4 is 16.2 Å². The Morgan fingerprint density at radius 2 is 1.48 bits per heavy atom. The summed E-state index contributed by atoms with van der Waals surface area (Å²) in [4.78, 5) is 15.3. The van der Waals surface area contributed by atoms with E-state index in [1.807, 2.05) is 91.4 Å². The fraction of sp³-hybridized carbons (Fsp3) is 0.0833. The molecular formula is C24H22N4OS2. The highest BCUT2D eigenvalue weighted by molar-refractivity contribution is 7.99. The van der Waals surface area contributed by atoms with Crippen LogP contribution in [0.2, 0.25) is 0 Å². The van der Waals surface area contributed by atoms with Crippen LogP contribution in [0.3, 0.4) is 0 Å². The predicted molar refractivity (Wildman–Crippen MR) is 133 cm³/mol. The molecule has 0 aliphatic rings. The number of aromatic nitrogens is 2. The van der Waals surface area contributed by atoms with Gasteiger partial charge in [0.25, 0.3) is 5.56 Å². The lowest BCUT2D eigenvalue weighted by Crippen LogP contribution is -2.25. The molecule has 0 fully saturated rings. The summed E-state index contributed by atoms with van der Waals surface area (Å²) in [7, 11) is 1.86. The summed E-state index contributed by atoms with van der Waals surface area (Å²) in [5, 5.41) is 6.72. The van der Waals surface area contributed by atoms with E-state index in [0.29, 0.717) is 10.8 Å². The largest absolute Gasteiger partial charge is 0.332 e. The van der Waals surface area contributed by atoms with Crippen LogP contribution >= 0.6 is 24.0 Å². The van der Waals surface area contributed by atoms with Gasteiger partial charge in [-0.2, -0.15) is 0 Å². The number of hydrogen-bond acceptors (Lipinski definition) is 3. The summed E-state index contributed by atoms with van der Waals surface area (Å²) >= 11 is 7.19. The van der Waals surface area contributed by atoms with E-state index in [4.69, 9.17) is 12.2 Å². The fourth-order valence-electron chi connectivity index (χ4n) is 3.25. The topological polar surface area (TPSA) is 51.0 Å². The summed E-state index contributed by atoms with van der Waals surface area (Å²) in [6.45, 7) is 1.89. The van der Waals surface area contributed by atoms with Gasteiger partial charge in [0.1, 0.15) is 5.69 Å². The molecule has 7 heteroatoms. The lowest BCUT2D eigenvalue weighted by Gasteiger charge is -2.13. The molecule has 0 radical (unpaired) electrons. The lowest BCUT2D eigenvalue weighted by molar-refractivity contribution is 0.630. The SMILES string of the molecule is Cc1c(NC(=S)Nc2ccccc2Sc2ccccc2)c(=O)n(-c2ccccc2)n1C. The monoisotopic (exact) mass is 446 g/mol. The number of hydrogen-bond donors (Lipinski definition) is 2. The molecule has 156 valence electrons. The molecule has 0 saturated heterocycles. The Morgan fingerprint density at radius 1 is 0.871 bits per heavy atom. The van der Waals surface area contributed by atoms with Gasteiger partial charge in [-0.3, -0.25) is 9.48 Å². The maximum absolute atomic E-state index is 13.1. The number of anilines is 2. The Hall–Kier alpha value is -3.29. The molecule has 0 aliphatic carbocycles. The smallest absolute Gasteiger partial charge is 0.295 e. The number of benzene rings is 3. The molecular weight excluding hydrogens is 424 g/mol. The highest BCUT2D eigenvalue weighted by Gasteiger charge is 2.17. The van der Waals surface area contributed by atoms with Crippen LogP contribution in [0.1, 0.15) is 5.69 Å². The van der Waals surface area contributed by atoms with Gasteiger partial charge >= 0.3 is 0 Å². The average molecular weight is 447 g/mol. The summed E-state index contributed by atoms with van der Waals surface area (Å²) in [5.74, 6) is 0. The van der Waals surface area contributed by atoms with Gasteiger partial charge in [0.15, 0.2) is 5.11 Å². The number of thiocarbonyl (C=S) groups is 1. The van der Waals surface area contributed by atoms with Crippen molar-refractivity contribution in [1.29, 1.82) is 0 Å². The van der Waals surface area contributed by atoms with E-state index in [2.05, 4.69) is 22.8 Å². The van der Waals surface area contributed by atoms with Crippen LogP contribution in [-0.2, 0) is 7.05 Å². The fourth-order valence-corrected chi connectivity index (χ4v) is 4.39. The molecule has 0 aliphatic heterocycles. The first kappa shape index (κ1) is 21.0. The van der Waals surface area contributed by atoms with Gasteiger partial charge in [0.2, 0.25) is 0 Å². The van der Waals surface area contributed by atoms with Crippen LogP contribution in [0.25, 0.3) is 5.69 Å². The van der Waals surface area contributed by atoms with Gasteiger partial charge in [-0.1, -0.05) is 60.3 Å². The molecule has 1 aromatic heterocycles. The molecule has 1 heterocycles. The van der Waals surface area contributed by atoms with Crippen LogP contribution in [0, 0.1) is 6.92 Å². The Morgan fingerprint density at radius 3 is 2.19 bits per heavy atom. The molecule has 31 heavy (non-hydrogen) atoms. The van der Waals surface area contributed by atoms with E-state index in [-0.39, 0.29) is 5.56 Å². The summed E-state index contributed by atoms with van der Waals surface area (Å²) in [5.41, 5.74) is 2.78. The molecule has 0 unspecified atom stereocenters. The summed E-state index contributed by atoms with van der Waals surface area (Å²) in [6, 6.07) is 27.7. The van der Waals surface area contributed by atoms with Gasteiger partial charge in [0.05, 0.1) is 17.1 Å². The molecule has 0 spiro atoms. The van der Waals surface area contributed by atoms with E-state index in [1.165, 1.54) is 0 Å². The second-order valence-corrected chi connectivity index (χ2v) is 8.45. The second-order valence-electron chi connectivity index (χ2n) is 6.93. The molecule has 4 aromatic rings. The van der Waals surface area contributed by atoms with Crippen LogP contribution in [-0.4, -0.2) is 14.5 Å². The number of para-hydroxylation sites is 2. The van der Waals surface area contributed by atoms with Crippen LogP contribution in [0.5, 0.6) is 0 Å². The maximum atomic E-state index is 13.1. The Labute approximate surface area is 190 Å². The van der Waals surface area contributed by atoms with Crippen molar-refractivity contribution in [3.05, 3.63) is 101 Å². The standard InChI is InChI=1S/C24H22N4OS2/c1-17-22(23(29)28(27(17)2)18-11-5-3-6-12-18)26-24(30)25-20-15-9-10-16-21(20)31-19-13-7-4-8-14-19/h3-16H,1-2H3,(H2,25,26,30). The van der Waals surface area contributed by atoms with Crippen molar-refractivity contribution in [1.82, 2.24) is 9.36 Å². The third-order valence-electron chi connectivity index (χ3n) is 4.90. The summed E-state index contributed by atoms with van der Waals surface area (Å²) < 4.78 is 3.45. The minimum absolute atomic E-state index is 0.151. The van der Waals surface area contributed by atoms with Gasteiger partial charge in [-0.05, 0) is 55.5 Å². The van der Waals surface area contributed by atoms with Crippen molar-refractivity contribution >= 4 is 40.5 Å². The predicted octanol–water partition coefficient (Wildman–Crippen LogP) is 5.44. The molecule has 4 rings (SSSR count). The van der Waals surface area contributed by atoms with Crippen molar-refractivity contribution in [3.8, 4) is 5.69 Å². The zero-order valence-corrected chi connectivity index (χ0v) is 18.8. The van der Waals surface area contributed by atoms with Crippen LogP contribution in [0.4, 0.5) is 11.4 Å². The van der Waals surface area contributed by atoms with Crippen LogP contribution in [0.15, 0.2) is 99.5 Å². The second kappa shape index (κ2) is 9.24. The third-order valence-corrected chi connectivity index (χ3v) is 6.19. The van der Waals surface area contributed by atoms with E-state index in [0.717, 1.165) is 26.9 Å². The van der Waals surface area contributed by atoms with Gasteiger partial charge in [-0.15, -0.1) is 0 Å². The normalized spacial score (nSPS) is 10.6. The van der Waals surface area contributed by atoms with E-state index in [9.17, 15) is 4.79 Å². The molecule has 5 nitrogen and oxygen atoms in total. The third kappa shape index (κ3) is 4.57. The van der Waals surface area contributed by atoms with Gasteiger partial charge in [0, 0.05) is 16.8 Å². The Balaban J connectivity index is 1.56. The van der Waals surface area contributed by atoms with Crippen molar-refractivity contribution in [2.24, 2.45) is 7.05 Å². The van der Waals surface area contributed by atoms with Crippen molar-refractivity contribution in [3.63, 3.8) is 0 Å². The number of nitrogens with zero attached hydrogens (tertiary/aromatic N) is 2. The van der Waals surface area contributed by atoms with Gasteiger partial charge < -0.3 is 10.6 Å².